The van der Waals surface area contributed by atoms with Gasteiger partial charge in [0.25, 0.3) is 5.69 Å². The summed E-state index contributed by atoms with van der Waals surface area (Å²) < 4.78 is 9.48. The molecule has 2 rings (SSSR count). The van der Waals surface area contributed by atoms with Crippen LogP contribution in [0.5, 0.6) is 5.75 Å². The Balaban J connectivity index is 2.09. The van der Waals surface area contributed by atoms with Crippen molar-refractivity contribution in [1.82, 2.24) is 4.37 Å². The lowest BCUT2D eigenvalue weighted by molar-refractivity contribution is -0.384. The van der Waals surface area contributed by atoms with E-state index in [1.165, 1.54) is 29.7 Å². The lowest BCUT2D eigenvalue weighted by atomic mass is 10.3. The first-order chi connectivity index (χ1) is 8.16. The SMILES string of the molecule is O=[N+]([O-])c1ccc(OCc2ccsn2)c(Cl)c1. The maximum Gasteiger partial charge on any atom is 0.271 e. The van der Waals surface area contributed by atoms with E-state index >= 15 is 0 Å². The zero-order chi connectivity index (χ0) is 12.3. The van der Waals surface area contributed by atoms with Gasteiger partial charge in [-0.25, -0.2) is 0 Å². The first-order valence-electron chi connectivity index (χ1n) is 4.63. The number of hydrogen-bond acceptors (Lipinski definition) is 5. The first-order valence-corrected chi connectivity index (χ1v) is 5.84. The Morgan fingerprint density at radius 1 is 1.47 bits per heavy atom. The molecule has 0 aliphatic heterocycles. The number of aromatic nitrogens is 1. The molecule has 0 radical (unpaired) electrons. The van der Waals surface area contributed by atoms with Crippen LogP contribution < -0.4 is 4.74 Å². The van der Waals surface area contributed by atoms with E-state index in [9.17, 15) is 10.1 Å². The van der Waals surface area contributed by atoms with Crippen LogP contribution in [-0.2, 0) is 6.61 Å². The second kappa shape index (κ2) is 5.11. The zero-order valence-electron chi connectivity index (χ0n) is 8.50. The highest BCUT2D eigenvalue weighted by atomic mass is 35.5. The molecule has 0 fully saturated rings. The van der Waals surface area contributed by atoms with Crippen molar-refractivity contribution in [3.8, 4) is 5.75 Å². The third-order valence-electron chi connectivity index (χ3n) is 1.99. The molecule has 0 amide bonds. The van der Waals surface area contributed by atoms with Crippen molar-refractivity contribution in [1.29, 1.82) is 0 Å². The monoisotopic (exact) mass is 270 g/mol. The van der Waals surface area contributed by atoms with Crippen LogP contribution in [0.15, 0.2) is 29.6 Å². The fourth-order valence-electron chi connectivity index (χ4n) is 1.18. The van der Waals surface area contributed by atoms with E-state index in [2.05, 4.69) is 4.37 Å². The van der Waals surface area contributed by atoms with E-state index in [4.69, 9.17) is 16.3 Å². The molecular formula is C10H7ClN2O3S. The third-order valence-corrected chi connectivity index (χ3v) is 2.89. The molecule has 1 aromatic carbocycles. The van der Waals surface area contributed by atoms with E-state index in [1.54, 1.807) is 0 Å². The largest absolute Gasteiger partial charge is 0.486 e. The highest BCUT2D eigenvalue weighted by Gasteiger charge is 2.10. The number of non-ortho nitro benzene ring substituents is 1. The normalized spacial score (nSPS) is 10.2. The van der Waals surface area contributed by atoms with Gasteiger partial charge in [-0.05, 0) is 23.7 Å². The van der Waals surface area contributed by atoms with Crippen LogP contribution in [0.1, 0.15) is 5.69 Å². The van der Waals surface area contributed by atoms with Gasteiger partial charge in [-0.3, -0.25) is 10.1 Å². The van der Waals surface area contributed by atoms with Crippen LogP contribution in [0, 0.1) is 10.1 Å². The average Bonchev–Trinajstić information content (AvgIpc) is 2.80. The number of nitrogens with zero attached hydrogens (tertiary/aromatic N) is 2. The van der Waals surface area contributed by atoms with Gasteiger partial charge in [0.05, 0.1) is 15.6 Å². The molecule has 2 aromatic rings. The molecule has 0 bridgehead atoms. The molecule has 1 heterocycles. The predicted molar refractivity (Wildman–Crippen MR) is 64.6 cm³/mol. The van der Waals surface area contributed by atoms with E-state index in [-0.39, 0.29) is 10.7 Å². The Labute approximate surface area is 106 Å². The van der Waals surface area contributed by atoms with Crippen molar-refractivity contribution in [3.05, 3.63) is 50.5 Å². The Kier molecular flexibility index (Phi) is 3.55. The first kappa shape index (κ1) is 11.8. The molecule has 0 spiro atoms. The minimum Gasteiger partial charge on any atom is -0.486 e. The number of halogens is 1. The van der Waals surface area contributed by atoms with Crippen LogP contribution in [0.4, 0.5) is 5.69 Å². The van der Waals surface area contributed by atoms with E-state index in [0.717, 1.165) is 5.69 Å². The van der Waals surface area contributed by atoms with E-state index in [0.29, 0.717) is 12.4 Å². The summed E-state index contributed by atoms with van der Waals surface area (Å²) in [6, 6.07) is 5.93. The fraction of sp³-hybridized carbons (Fsp3) is 0.100. The molecule has 0 aliphatic carbocycles. The smallest absolute Gasteiger partial charge is 0.271 e. The summed E-state index contributed by atoms with van der Waals surface area (Å²) in [6.07, 6.45) is 0. The van der Waals surface area contributed by atoms with Crippen molar-refractivity contribution in [2.24, 2.45) is 0 Å². The number of ether oxygens (including phenoxy) is 1. The molecule has 0 unspecified atom stereocenters. The molecule has 7 heteroatoms. The lowest BCUT2D eigenvalue weighted by Gasteiger charge is -2.05. The van der Waals surface area contributed by atoms with Crippen molar-refractivity contribution in [3.63, 3.8) is 0 Å². The molecule has 0 aliphatic rings. The van der Waals surface area contributed by atoms with Gasteiger partial charge in [0.2, 0.25) is 0 Å². The Hall–Kier alpha value is -1.66. The summed E-state index contributed by atoms with van der Waals surface area (Å²) in [4.78, 5) is 10.0. The van der Waals surface area contributed by atoms with Gasteiger partial charge in [0.15, 0.2) is 0 Å². The standard InChI is InChI=1S/C10H7ClN2O3S/c11-9-5-8(13(14)15)1-2-10(9)16-6-7-3-4-17-12-7/h1-5H,6H2. The highest BCUT2D eigenvalue weighted by molar-refractivity contribution is 7.03. The highest BCUT2D eigenvalue weighted by Crippen LogP contribution is 2.29. The van der Waals surface area contributed by atoms with Crippen LogP contribution in [0.25, 0.3) is 0 Å². The number of benzene rings is 1. The summed E-state index contributed by atoms with van der Waals surface area (Å²) in [5, 5.41) is 12.6. The second-order valence-corrected chi connectivity index (χ2v) is 4.22. The number of nitro groups is 1. The molecule has 0 saturated heterocycles. The quantitative estimate of drug-likeness (QED) is 0.632. The summed E-state index contributed by atoms with van der Waals surface area (Å²) in [7, 11) is 0. The summed E-state index contributed by atoms with van der Waals surface area (Å²) in [5.74, 6) is 0.408. The summed E-state index contributed by atoms with van der Waals surface area (Å²) in [6.45, 7) is 0.293. The molecule has 0 N–H and O–H groups in total. The maximum absolute atomic E-state index is 10.5. The van der Waals surface area contributed by atoms with Crippen LogP contribution in [0.3, 0.4) is 0 Å². The van der Waals surface area contributed by atoms with Gasteiger partial charge in [0.1, 0.15) is 12.4 Å². The Morgan fingerprint density at radius 2 is 2.29 bits per heavy atom. The topological polar surface area (TPSA) is 65.3 Å². The molecule has 5 nitrogen and oxygen atoms in total. The van der Waals surface area contributed by atoms with Crippen LogP contribution in [0.2, 0.25) is 5.02 Å². The molecule has 17 heavy (non-hydrogen) atoms. The molecule has 1 aromatic heterocycles. The lowest BCUT2D eigenvalue weighted by Crippen LogP contribution is -1.96. The number of hydrogen-bond donors (Lipinski definition) is 0. The molecular weight excluding hydrogens is 264 g/mol. The van der Waals surface area contributed by atoms with Gasteiger partial charge >= 0.3 is 0 Å². The fourth-order valence-corrected chi connectivity index (χ4v) is 1.94. The minimum atomic E-state index is -0.504. The number of nitro benzene ring substituents is 1. The molecule has 0 saturated carbocycles. The molecule has 0 atom stereocenters. The Bertz CT molecular complexity index is 530. The predicted octanol–water partition coefficient (Wildman–Crippen LogP) is 3.28. The van der Waals surface area contributed by atoms with Crippen molar-refractivity contribution >= 4 is 28.8 Å². The average molecular weight is 271 g/mol. The van der Waals surface area contributed by atoms with E-state index < -0.39 is 4.92 Å². The van der Waals surface area contributed by atoms with Crippen molar-refractivity contribution in [2.45, 2.75) is 6.61 Å². The van der Waals surface area contributed by atoms with Crippen molar-refractivity contribution < 1.29 is 9.66 Å². The Morgan fingerprint density at radius 3 is 2.88 bits per heavy atom. The van der Waals surface area contributed by atoms with E-state index in [1.807, 2.05) is 11.4 Å². The summed E-state index contributed by atoms with van der Waals surface area (Å²) >= 11 is 7.20. The van der Waals surface area contributed by atoms with Gasteiger partial charge < -0.3 is 4.74 Å². The minimum absolute atomic E-state index is 0.0593. The maximum atomic E-state index is 10.5. The van der Waals surface area contributed by atoms with Gasteiger partial charge in [-0.1, -0.05) is 11.6 Å². The summed E-state index contributed by atoms with van der Waals surface area (Å²) in [5.41, 5.74) is 0.737. The number of rotatable bonds is 4. The second-order valence-electron chi connectivity index (χ2n) is 3.15. The zero-order valence-corrected chi connectivity index (χ0v) is 10.1. The third kappa shape index (κ3) is 2.92. The van der Waals surface area contributed by atoms with Crippen molar-refractivity contribution in [2.75, 3.05) is 0 Å². The van der Waals surface area contributed by atoms with Crippen LogP contribution >= 0.6 is 23.1 Å². The van der Waals surface area contributed by atoms with Crippen LogP contribution in [-0.4, -0.2) is 9.30 Å². The van der Waals surface area contributed by atoms with Gasteiger partial charge in [0, 0.05) is 17.5 Å². The van der Waals surface area contributed by atoms with Gasteiger partial charge in [-0.15, -0.1) is 0 Å². The van der Waals surface area contributed by atoms with Gasteiger partial charge in [-0.2, -0.15) is 4.37 Å². The molecule has 88 valence electrons.